The Hall–Kier alpha value is -0.560. The molecule has 0 heterocycles. The molecule has 1 aromatic carbocycles. The minimum atomic E-state index is -4.38. The number of halogens is 4. The summed E-state index contributed by atoms with van der Waals surface area (Å²) >= 11 is 11.4. The first-order chi connectivity index (χ1) is 9.70. The molecule has 0 aliphatic heterocycles. The third-order valence-corrected chi connectivity index (χ3v) is 5.02. The standard InChI is InChI=1S/C12H13Cl3FNO3S/c1-2-3-4-5-17-12(18)7-6-8(16)10(14)11(9(7)13)21(15,19)20/h6H,2-5H2,1H3,(H,17,18). The zero-order valence-electron chi connectivity index (χ0n) is 11.1. The first-order valence-electron chi connectivity index (χ1n) is 6.10. The fraction of sp³-hybridized carbons (Fsp3) is 0.417. The molecule has 0 aliphatic carbocycles. The third kappa shape index (κ3) is 4.71. The maximum Gasteiger partial charge on any atom is 0.264 e. The van der Waals surface area contributed by atoms with E-state index >= 15 is 0 Å². The summed E-state index contributed by atoms with van der Waals surface area (Å²) in [6.07, 6.45) is 2.64. The summed E-state index contributed by atoms with van der Waals surface area (Å²) in [5.74, 6) is -1.77. The predicted molar refractivity (Wildman–Crippen MR) is 81.3 cm³/mol. The Kier molecular flexibility index (Phi) is 6.71. The number of hydrogen-bond donors (Lipinski definition) is 1. The van der Waals surface area contributed by atoms with Gasteiger partial charge in [-0.05, 0) is 12.5 Å². The Balaban J connectivity index is 3.15. The highest BCUT2D eigenvalue weighted by molar-refractivity contribution is 8.14. The normalized spacial score (nSPS) is 11.5. The molecule has 1 aromatic rings. The van der Waals surface area contributed by atoms with Gasteiger partial charge in [-0.1, -0.05) is 43.0 Å². The van der Waals surface area contributed by atoms with Crippen LogP contribution in [-0.4, -0.2) is 20.9 Å². The van der Waals surface area contributed by atoms with Crippen molar-refractivity contribution in [2.24, 2.45) is 0 Å². The van der Waals surface area contributed by atoms with E-state index in [1.165, 1.54) is 0 Å². The number of carbonyl (C=O) groups is 1. The highest BCUT2D eigenvalue weighted by Crippen LogP contribution is 2.36. The number of nitrogens with one attached hydrogen (secondary N) is 1. The van der Waals surface area contributed by atoms with Crippen LogP contribution >= 0.6 is 33.9 Å². The van der Waals surface area contributed by atoms with Crippen LogP contribution in [0.1, 0.15) is 36.5 Å². The highest BCUT2D eigenvalue weighted by Gasteiger charge is 2.27. The van der Waals surface area contributed by atoms with Gasteiger partial charge in [0.05, 0.1) is 15.6 Å². The van der Waals surface area contributed by atoms with Crippen molar-refractivity contribution in [3.8, 4) is 0 Å². The monoisotopic (exact) mass is 375 g/mol. The first-order valence-corrected chi connectivity index (χ1v) is 9.17. The molecular formula is C12H13Cl3FNO3S. The van der Waals surface area contributed by atoms with Crippen molar-refractivity contribution in [3.05, 3.63) is 27.5 Å². The molecule has 0 spiro atoms. The molecule has 0 atom stereocenters. The maximum absolute atomic E-state index is 13.7. The van der Waals surface area contributed by atoms with E-state index in [1.807, 2.05) is 6.92 Å². The lowest BCUT2D eigenvalue weighted by Gasteiger charge is -2.11. The summed E-state index contributed by atoms with van der Waals surface area (Å²) in [6, 6.07) is 0.783. The van der Waals surface area contributed by atoms with Gasteiger partial charge in [0.1, 0.15) is 10.7 Å². The Bertz CT molecular complexity index is 650. The lowest BCUT2D eigenvalue weighted by atomic mass is 10.2. The molecule has 0 unspecified atom stereocenters. The number of unbranched alkanes of at least 4 members (excludes halogenated alkanes) is 2. The smallest absolute Gasteiger partial charge is 0.264 e. The fourth-order valence-electron chi connectivity index (χ4n) is 1.63. The van der Waals surface area contributed by atoms with Crippen LogP contribution in [0.3, 0.4) is 0 Å². The second kappa shape index (κ2) is 7.63. The Morgan fingerprint density at radius 3 is 2.43 bits per heavy atom. The van der Waals surface area contributed by atoms with Gasteiger partial charge in [0, 0.05) is 17.2 Å². The SMILES string of the molecule is CCCCCNC(=O)c1cc(F)c(Cl)c(S(=O)(=O)Cl)c1Cl. The van der Waals surface area contributed by atoms with Crippen LogP contribution in [0.25, 0.3) is 0 Å². The largest absolute Gasteiger partial charge is 0.352 e. The van der Waals surface area contributed by atoms with Gasteiger partial charge < -0.3 is 5.32 Å². The summed E-state index contributed by atoms with van der Waals surface area (Å²) in [5.41, 5.74) is -0.325. The van der Waals surface area contributed by atoms with Crippen molar-refractivity contribution in [2.45, 2.75) is 31.1 Å². The van der Waals surface area contributed by atoms with E-state index in [4.69, 9.17) is 33.9 Å². The molecule has 118 valence electrons. The average molecular weight is 377 g/mol. The molecule has 0 saturated heterocycles. The van der Waals surface area contributed by atoms with E-state index < -0.39 is 35.7 Å². The molecular weight excluding hydrogens is 364 g/mol. The van der Waals surface area contributed by atoms with Crippen LogP contribution < -0.4 is 5.32 Å². The van der Waals surface area contributed by atoms with Crippen molar-refractivity contribution in [1.29, 1.82) is 0 Å². The fourth-order valence-corrected chi connectivity index (χ4v) is 4.01. The molecule has 1 rings (SSSR count). The van der Waals surface area contributed by atoms with Gasteiger partial charge in [-0.25, -0.2) is 12.8 Å². The number of rotatable bonds is 6. The molecule has 1 N–H and O–H groups in total. The van der Waals surface area contributed by atoms with Crippen molar-refractivity contribution in [3.63, 3.8) is 0 Å². The number of amides is 1. The molecule has 0 bridgehead atoms. The predicted octanol–water partition coefficient (Wildman–Crippen LogP) is 3.98. The molecule has 1 amide bonds. The Labute approximate surface area is 137 Å². The minimum Gasteiger partial charge on any atom is -0.352 e. The quantitative estimate of drug-likeness (QED) is 0.464. The van der Waals surface area contributed by atoms with E-state index in [9.17, 15) is 17.6 Å². The summed E-state index contributed by atoms with van der Waals surface area (Å²) in [5, 5.41) is 1.29. The Morgan fingerprint density at radius 2 is 1.90 bits per heavy atom. The molecule has 0 aliphatic rings. The number of hydrogen-bond acceptors (Lipinski definition) is 3. The zero-order valence-corrected chi connectivity index (χ0v) is 14.1. The summed E-state index contributed by atoms with van der Waals surface area (Å²) in [4.78, 5) is 11.1. The molecule has 0 fully saturated rings. The molecule has 4 nitrogen and oxygen atoms in total. The van der Waals surface area contributed by atoms with Crippen molar-refractivity contribution < 1.29 is 17.6 Å². The third-order valence-electron chi connectivity index (χ3n) is 2.67. The summed E-state index contributed by atoms with van der Waals surface area (Å²) in [6.45, 7) is 2.38. The maximum atomic E-state index is 13.7. The number of carbonyl (C=O) groups excluding carboxylic acids is 1. The van der Waals surface area contributed by atoms with Crippen LogP contribution in [0, 0.1) is 5.82 Å². The zero-order chi connectivity index (χ0) is 16.2. The van der Waals surface area contributed by atoms with Gasteiger partial charge in [-0.3, -0.25) is 4.79 Å². The second-order valence-electron chi connectivity index (χ2n) is 4.26. The van der Waals surface area contributed by atoms with Crippen molar-refractivity contribution >= 4 is 48.8 Å². The van der Waals surface area contributed by atoms with E-state index in [0.29, 0.717) is 6.54 Å². The summed E-state index contributed by atoms with van der Waals surface area (Å²) in [7, 11) is 0.785. The van der Waals surface area contributed by atoms with E-state index in [-0.39, 0.29) is 5.56 Å². The van der Waals surface area contributed by atoms with Gasteiger partial charge in [0.15, 0.2) is 0 Å². The molecule has 0 saturated carbocycles. The number of benzene rings is 1. The van der Waals surface area contributed by atoms with Gasteiger partial charge in [0.2, 0.25) is 0 Å². The van der Waals surface area contributed by atoms with Gasteiger partial charge >= 0.3 is 0 Å². The van der Waals surface area contributed by atoms with Gasteiger partial charge in [-0.2, -0.15) is 0 Å². The van der Waals surface area contributed by atoms with Crippen LogP contribution in [0.15, 0.2) is 11.0 Å². The minimum absolute atomic E-state index is 0.325. The van der Waals surface area contributed by atoms with Crippen LogP contribution in [-0.2, 0) is 9.05 Å². The average Bonchev–Trinajstić information content (AvgIpc) is 2.37. The lowest BCUT2D eigenvalue weighted by molar-refractivity contribution is 0.0952. The molecule has 21 heavy (non-hydrogen) atoms. The van der Waals surface area contributed by atoms with Crippen molar-refractivity contribution in [2.75, 3.05) is 6.54 Å². The first kappa shape index (κ1) is 18.5. The highest BCUT2D eigenvalue weighted by atomic mass is 35.7. The lowest BCUT2D eigenvalue weighted by Crippen LogP contribution is -2.25. The molecule has 0 radical (unpaired) electrons. The van der Waals surface area contributed by atoms with Crippen LogP contribution in [0.2, 0.25) is 10.0 Å². The van der Waals surface area contributed by atoms with Gasteiger partial charge in [-0.15, -0.1) is 0 Å². The van der Waals surface area contributed by atoms with E-state index in [0.717, 1.165) is 25.3 Å². The molecule has 9 heteroatoms. The molecule has 0 aromatic heterocycles. The summed E-state index contributed by atoms with van der Waals surface area (Å²) < 4.78 is 36.5. The van der Waals surface area contributed by atoms with Crippen molar-refractivity contribution in [1.82, 2.24) is 5.32 Å². The van der Waals surface area contributed by atoms with Crippen LogP contribution in [0.5, 0.6) is 0 Å². The van der Waals surface area contributed by atoms with E-state index in [2.05, 4.69) is 5.32 Å². The topological polar surface area (TPSA) is 63.2 Å². The van der Waals surface area contributed by atoms with E-state index in [1.54, 1.807) is 0 Å². The Morgan fingerprint density at radius 1 is 1.29 bits per heavy atom. The second-order valence-corrected chi connectivity index (χ2v) is 7.52. The van der Waals surface area contributed by atoms with Gasteiger partial charge in [0.25, 0.3) is 15.0 Å². The van der Waals surface area contributed by atoms with Crippen LogP contribution in [0.4, 0.5) is 4.39 Å².